The van der Waals surface area contributed by atoms with Gasteiger partial charge in [-0.05, 0) is 66.6 Å². The van der Waals surface area contributed by atoms with E-state index in [9.17, 15) is 0 Å². The Labute approximate surface area is 161 Å². The molecular formula is C20H47N3OSi. The minimum atomic E-state index is -0.412. The van der Waals surface area contributed by atoms with Crippen LogP contribution < -0.4 is 0 Å². The molecule has 0 fully saturated rings. The normalized spacial score (nSPS) is 14.5. The molecule has 0 spiro atoms. The molecule has 0 aromatic rings. The van der Waals surface area contributed by atoms with Crippen LogP contribution >= 0.6 is 0 Å². The van der Waals surface area contributed by atoms with Gasteiger partial charge in [-0.3, -0.25) is 0 Å². The van der Waals surface area contributed by atoms with Gasteiger partial charge in [0, 0.05) is 31.2 Å². The smallest absolute Gasteiger partial charge is 0.161 e. The van der Waals surface area contributed by atoms with Crippen molar-refractivity contribution in [2.24, 2.45) is 5.41 Å². The summed E-state index contributed by atoms with van der Waals surface area (Å²) in [5.74, 6) is 0. The third-order valence-corrected chi connectivity index (χ3v) is 6.83. The molecule has 0 aliphatic heterocycles. The maximum Gasteiger partial charge on any atom is 0.161 e. The molecule has 1 unspecified atom stereocenters. The SMILES string of the molecule is CCCC(C)O[SiH2]CCC(CN(C)CC)(CN(C)CC)CN(C)CC. The van der Waals surface area contributed by atoms with Gasteiger partial charge in [0.1, 0.15) is 0 Å². The van der Waals surface area contributed by atoms with Crippen molar-refractivity contribution in [1.29, 1.82) is 0 Å². The van der Waals surface area contributed by atoms with E-state index >= 15 is 0 Å². The van der Waals surface area contributed by atoms with Crippen molar-refractivity contribution >= 4 is 9.76 Å². The zero-order chi connectivity index (χ0) is 19.3. The van der Waals surface area contributed by atoms with Crippen LogP contribution in [0.15, 0.2) is 0 Å². The fraction of sp³-hybridized carbons (Fsp3) is 1.00. The van der Waals surface area contributed by atoms with E-state index in [1.165, 1.54) is 44.9 Å². The molecule has 0 radical (unpaired) electrons. The predicted octanol–water partition coefficient (Wildman–Crippen LogP) is 2.93. The van der Waals surface area contributed by atoms with Crippen LogP contribution in [0, 0.1) is 5.41 Å². The van der Waals surface area contributed by atoms with Crippen LogP contribution in [0.5, 0.6) is 0 Å². The number of nitrogens with zero attached hydrogens (tertiary/aromatic N) is 3. The van der Waals surface area contributed by atoms with Crippen LogP contribution in [-0.2, 0) is 4.43 Å². The number of hydrogen-bond acceptors (Lipinski definition) is 4. The van der Waals surface area contributed by atoms with Crippen LogP contribution in [0.2, 0.25) is 6.04 Å². The number of hydrogen-bond donors (Lipinski definition) is 0. The summed E-state index contributed by atoms with van der Waals surface area (Å²) in [6.07, 6.45) is 4.18. The van der Waals surface area contributed by atoms with E-state index in [1.807, 2.05) is 0 Å². The molecule has 4 nitrogen and oxygen atoms in total. The van der Waals surface area contributed by atoms with Crippen molar-refractivity contribution in [1.82, 2.24) is 14.7 Å². The zero-order valence-electron chi connectivity index (χ0n) is 18.6. The van der Waals surface area contributed by atoms with Gasteiger partial charge in [-0.2, -0.15) is 0 Å². The van der Waals surface area contributed by atoms with E-state index in [0.717, 1.165) is 19.6 Å². The average molecular weight is 374 g/mol. The first-order valence-electron chi connectivity index (χ1n) is 10.5. The lowest BCUT2D eigenvalue weighted by Gasteiger charge is -2.42. The van der Waals surface area contributed by atoms with Gasteiger partial charge in [-0.15, -0.1) is 0 Å². The first-order chi connectivity index (χ1) is 11.8. The van der Waals surface area contributed by atoms with E-state index in [-0.39, 0.29) is 0 Å². The fourth-order valence-electron chi connectivity index (χ4n) is 3.66. The molecule has 0 saturated carbocycles. The molecular weight excluding hydrogens is 326 g/mol. The van der Waals surface area contributed by atoms with E-state index in [4.69, 9.17) is 4.43 Å². The third kappa shape index (κ3) is 11.4. The van der Waals surface area contributed by atoms with Gasteiger partial charge >= 0.3 is 0 Å². The lowest BCUT2D eigenvalue weighted by molar-refractivity contribution is 0.0789. The molecule has 0 aromatic carbocycles. The van der Waals surface area contributed by atoms with Gasteiger partial charge in [-0.25, -0.2) is 0 Å². The van der Waals surface area contributed by atoms with Crippen molar-refractivity contribution in [3.63, 3.8) is 0 Å². The fourth-order valence-corrected chi connectivity index (χ4v) is 5.29. The summed E-state index contributed by atoms with van der Waals surface area (Å²) in [6, 6.07) is 1.29. The van der Waals surface area contributed by atoms with Crippen LogP contribution in [0.25, 0.3) is 0 Å². The third-order valence-electron chi connectivity index (χ3n) is 5.38. The van der Waals surface area contributed by atoms with Crippen LogP contribution in [0.3, 0.4) is 0 Å². The summed E-state index contributed by atoms with van der Waals surface area (Å²) in [5, 5.41) is 0. The van der Waals surface area contributed by atoms with Gasteiger partial charge in [0.05, 0.1) is 0 Å². The molecule has 5 heteroatoms. The Morgan fingerprint density at radius 2 is 1.28 bits per heavy atom. The molecule has 1 atom stereocenters. The molecule has 0 saturated heterocycles. The maximum atomic E-state index is 6.17. The second kappa shape index (κ2) is 14.2. The Balaban J connectivity index is 4.95. The van der Waals surface area contributed by atoms with E-state index in [1.54, 1.807) is 0 Å². The largest absolute Gasteiger partial charge is 0.421 e. The molecule has 0 N–H and O–H groups in total. The van der Waals surface area contributed by atoms with Gasteiger partial charge in [-0.1, -0.05) is 34.1 Å². The Kier molecular flexibility index (Phi) is 14.2. The first kappa shape index (κ1) is 25.1. The highest BCUT2D eigenvalue weighted by Crippen LogP contribution is 2.28. The van der Waals surface area contributed by atoms with Gasteiger partial charge in [0.15, 0.2) is 9.76 Å². The monoisotopic (exact) mass is 373 g/mol. The van der Waals surface area contributed by atoms with Crippen molar-refractivity contribution in [3.8, 4) is 0 Å². The van der Waals surface area contributed by atoms with Crippen LogP contribution in [0.1, 0.15) is 53.9 Å². The topological polar surface area (TPSA) is 19.0 Å². The summed E-state index contributed by atoms with van der Waals surface area (Å²) in [6.45, 7) is 18.2. The second-order valence-corrected chi connectivity index (χ2v) is 9.51. The first-order valence-corrected chi connectivity index (χ1v) is 12.1. The van der Waals surface area contributed by atoms with E-state index in [0.29, 0.717) is 11.5 Å². The molecule has 0 bridgehead atoms. The highest BCUT2D eigenvalue weighted by atomic mass is 28.2. The molecule has 0 aliphatic rings. The van der Waals surface area contributed by atoms with Gasteiger partial charge in [0.2, 0.25) is 0 Å². The molecule has 0 amide bonds. The minimum absolute atomic E-state index is 0.338. The maximum absolute atomic E-state index is 6.17. The Hall–Kier alpha value is 0.0569. The molecule has 0 aliphatic carbocycles. The van der Waals surface area contributed by atoms with Crippen molar-refractivity contribution in [3.05, 3.63) is 0 Å². The lowest BCUT2D eigenvalue weighted by atomic mass is 9.83. The Morgan fingerprint density at radius 3 is 1.64 bits per heavy atom. The quantitative estimate of drug-likeness (QED) is 0.306. The second-order valence-electron chi connectivity index (χ2n) is 8.06. The van der Waals surface area contributed by atoms with Crippen molar-refractivity contribution in [2.45, 2.75) is 66.0 Å². The highest BCUT2D eigenvalue weighted by Gasteiger charge is 2.33. The van der Waals surface area contributed by atoms with Crippen LogP contribution in [0.4, 0.5) is 0 Å². The van der Waals surface area contributed by atoms with E-state index in [2.05, 4.69) is 70.5 Å². The minimum Gasteiger partial charge on any atom is -0.421 e. The molecule has 25 heavy (non-hydrogen) atoms. The Morgan fingerprint density at radius 1 is 0.840 bits per heavy atom. The van der Waals surface area contributed by atoms with Crippen molar-refractivity contribution < 1.29 is 4.43 Å². The molecule has 0 rings (SSSR count). The van der Waals surface area contributed by atoms with Crippen molar-refractivity contribution in [2.75, 3.05) is 60.4 Å². The molecule has 0 aromatic heterocycles. The van der Waals surface area contributed by atoms with Crippen LogP contribution in [-0.4, -0.2) is 91.0 Å². The number of rotatable bonds is 16. The Bertz CT molecular complexity index is 286. The summed E-state index contributed by atoms with van der Waals surface area (Å²) in [4.78, 5) is 7.49. The highest BCUT2D eigenvalue weighted by molar-refractivity contribution is 6.27. The lowest BCUT2D eigenvalue weighted by Crippen LogP contribution is -2.50. The summed E-state index contributed by atoms with van der Waals surface area (Å²) in [5.41, 5.74) is 0.338. The standard InChI is InChI=1S/C20H47N3OSi/c1-9-13-19(5)24-25-15-14-20(16-21(6)10-2,17-22(7)11-3)18-23(8)12-4/h19H,9-18,25H2,1-8H3. The van der Waals surface area contributed by atoms with Gasteiger partial charge < -0.3 is 19.1 Å². The molecule has 152 valence electrons. The van der Waals surface area contributed by atoms with E-state index < -0.39 is 9.76 Å². The summed E-state index contributed by atoms with van der Waals surface area (Å²) >= 11 is 0. The zero-order valence-corrected chi connectivity index (χ0v) is 20.0. The predicted molar refractivity (Wildman–Crippen MR) is 115 cm³/mol. The average Bonchev–Trinajstić information content (AvgIpc) is 2.58. The molecule has 0 heterocycles. The summed E-state index contributed by atoms with van der Waals surface area (Å²) < 4.78 is 6.17. The van der Waals surface area contributed by atoms with Gasteiger partial charge in [0.25, 0.3) is 0 Å². The summed E-state index contributed by atoms with van der Waals surface area (Å²) in [7, 11) is 6.39.